The molecule has 0 aliphatic heterocycles. The van der Waals surface area contributed by atoms with Gasteiger partial charge in [-0.2, -0.15) is 13.2 Å². The molecule has 0 radical (unpaired) electrons. The smallest absolute Gasteiger partial charge is 0.468 e. The summed E-state index contributed by atoms with van der Waals surface area (Å²) in [4.78, 5) is 3.24. The van der Waals surface area contributed by atoms with Crippen molar-refractivity contribution in [2.24, 2.45) is 5.14 Å². The molecule has 0 bridgehead atoms. The molecule has 0 amide bonds. The van der Waals surface area contributed by atoms with Crippen LogP contribution >= 0.6 is 0 Å². The van der Waals surface area contributed by atoms with Crippen LogP contribution in [0.5, 0.6) is 5.75 Å². The first kappa shape index (κ1) is 19.8. The summed E-state index contributed by atoms with van der Waals surface area (Å²) >= 11 is 0. The zero-order valence-corrected chi connectivity index (χ0v) is 14.9. The first-order valence-corrected chi connectivity index (χ1v) is 9.10. The second-order valence-corrected chi connectivity index (χ2v) is 7.17. The number of nitrogens with two attached hydrogens (primary N) is 1. The van der Waals surface area contributed by atoms with Gasteiger partial charge in [0.15, 0.2) is 17.3 Å². The summed E-state index contributed by atoms with van der Waals surface area (Å²) in [6.45, 7) is 0. The van der Waals surface area contributed by atoms with Crippen molar-refractivity contribution >= 4 is 10.0 Å². The minimum Gasteiger partial charge on any atom is -0.494 e. The standard InChI is InChI=1S/C17H12F4N2O4S/c1-26-13-7-4-10(8-12(13)18)15-14(23-16(27-15)17(19,20)21)9-2-5-11(6-3-9)28(22,24)25/h2-8H,1H3,(H2,22,24,25). The Kier molecular flexibility index (Phi) is 4.90. The van der Waals surface area contributed by atoms with Gasteiger partial charge in [0.1, 0.15) is 5.69 Å². The summed E-state index contributed by atoms with van der Waals surface area (Å²) in [5.41, 5.74) is -0.123. The normalized spacial score (nSPS) is 12.2. The monoisotopic (exact) mass is 416 g/mol. The van der Waals surface area contributed by atoms with E-state index in [2.05, 4.69) is 4.98 Å². The Bertz CT molecular complexity index is 1120. The lowest BCUT2D eigenvalue weighted by atomic mass is 10.1. The molecule has 3 rings (SSSR count). The van der Waals surface area contributed by atoms with Crippen molar-refractivity contribution in [2.75, 3.05) is 7.11 Å². The van der Waals surface area contributed by atoms with Gasteiger partial charge in [0, 0.05) is 11.1 Å². The number of aromatic nitrogens is 1. The number of sulfonamides is 1. The third-order valence-electron chi connectivity index (χ3n) is 3.74. The van der Waals surface area contributed by atoms with Gasteiger partial charge < -0.3 is 9.15 Å². The van der Waals surface area contributed by atoms with Gasteiger partial charge in [0.05, 0.1) is 12.0 Å². The number of ether oxygens (including phenoxy) is 1. The Balaban J connectivity index is 2.18. The summed E-state index contributed by atoms with van der Waals surface area (Å²) in [6.07, 6.45) is -4.88. The highest BCUT2D eigenvalue weighted by atomic mass is 32.2. The van der Waals surface area contributed by atoms with Gasteiger partial charge in [-0.15, -0.1) is 0 Å². The number of hydrogen-bond acceptors (Lipinski definition) is 5. The summed E-state index contributed by atoms with van der Waals surface area (Å²) < 4.78 is 85.6. The van der Waals surface area contributed by atoms with Gasteiger partial charge in [-0.25, -0.2) is 22.9 Å². The molecule has 0 fully saturated rings. The zero-order chi connectivity index (χ0) is 20.7. The Morgan fingerprint density at radius 2 is 1.68 bits per heavy atom. The van der Waals surface area contributed by atoms with E-state index in [1.54, 1.807) is 0 Å². The van der Waals surface area contributed by atoms with Crippen LogP contribution in [0.15, 0.2) is 51.8 Å². The van der Waals surface area contributed by atoms with E-state index >= 15 is 0 Å². The molecule has 0 unspecified atom stereocenters. The Morgan fingerprint density at radius 1 is 1.07 bits per heavy atom. The van der Waals surface area contributed by atoms with Crippen LogP contribution in [0.4, 0.5) is 17.6 Å². The van der Waals surface area contributed by atoms with Crippen molar-refractivity contribution in [1.82, 2.24) is 4.98 Å². The predicted molar refractivity (Wildman–Crippen MR) is 90.3 cm³/mol. The number of hydrogen-bond donors (Lipinski definition) is 1. The van der Waals surface area contributed by atoms with E-state index in [0.717, 1.165) is 18.2 Å². The topological polar surface area (TPSA) is 95.4 Å². The zero-order valence-electron chi connectivity index (χ0n) is 14.1. The molecule has 2 N–H and O–H groups in total. The molecular weight excluding hydrogens is 404 g/mol. The molecule has 0 atom stereocenters. The van der Waals surface area contributed by atoms with Crippen LogP contribution in [0.1, 0.15) is 5.89 Å². The summed E-state index contributed by atoms with van der Waals surface area (Å²) in [5.74, 6) is -2.76. The average molecular weight is 416 g/mol. The molecule has 0 saturated carbocycles. The highest BCUT2D eigenvalue weighted by Crippen LogP contribution is 2.39. The predicted octanol–water partition coefficient (Wildman–Crippen LogP) is 3.82. The minimum absolute atomic E-state index is 0.00757. The maximum absolute atomic E-state index is 14.0. The Labute approximate surface area is 156 Å². The fraction of sp³-hybridized carbons (Fsp3) is 0.118. The minimum atomic E-state index is -4.88. The molecule has 0 aliphatic carbocycles. The fourth-order valence-electron chi connectivity index (χ4n) is 2.44. The number of benzene rings is 2. The van der Waals surface area contributed by atoms with E-state index < -0.39 is 27.9 Å². The molecule has 0 saturated heterocycles. The third kappa shape index (κ3) is 3.85. The first-order chi connectivity index (χ1) is 13.0. The number of primary sulfonamides is 1. The highest BCUT2D eigenvalue weighted by molar-refractivity contribution is 7.89. The molecule has 0 spiro atoms. The summed E-state index contributed by atoms with van der Waals surface area (Å²) in [6, 6.07) is 8.17. The number of rotatable bonds is 4. The SMILES string of the molecule is COc1ccc(-c2oc(C(F)(F)F)nc2-c2ccc(S(N)(=O)=O)cc2)cc1F. The Hall–Kier alpha value is -2.92. The second kappa shape index (κ2) is 6.91. The molecule has 2 aromatic carbocycles. The van der Waals surface area contributed by atoms with Gasteiger partial charge in [0.2, 0.25) is 10.0 Å². The van der Waals surface area contributed by atoms with Crippen LogP contribution < -0.4 is 9.88 Å². The largest absolute Gasteiger partial charge is 0.494 e. The van der Waals surface area contributed by atoms with Crippen molar-refractivity contribution in [3.63, 3.8) is 0 Å². The number of nitrogens with zero attached hydrogens (tertiary/aromatic N) is 1. The molecule has 6 nitrogen and oxygen atoms in total. The van der Waals surface area contributed by atoms with Gasteiger partial charge in [-0.1, -0.05) is 12.1 Å². The fourth-order valence-corrected chi connectivity index (χ4v) is 2.96. The van der Waals surface area contributed by atoms with Gasteiger partial charge >= 0.3 is 12.1 Å². The maximum atomic E-state index is 14.0. The van der Waals surface area contributed by atoms with Gasteiger partial charge in [-0.3, -0.25) is 0 Å². The van der Waals surface area contributed by atoms with Crippen molar-refractivity contribution in [2.45, 2.75) is 11.1 Å². The summed E-state index contributed by atoms with van der Waals surface area (Å²) in [7, 11) is -2.74. The number of methoxy groups -OCH3 is 1. The van der Waals surface area contributed by atoms with Crippen LogP contribution in [0.3, 0.4) is 0 Å². The van der Waals surface area contributed by atoms with E-state index in [1.807, 2.05) is 0 Å². The van der Waals surface area contributed by atoms with E-state index in [0.29, 0.717) is 0 Å². The number of alkyl halides is 3. The molecule has 1 heterocycles. The van der Waals surface area contributed by atoms with Crippen LogP contribution in [0.25, 0.3) is 22.6 Å². The van der Waals surface area contributed by atoms with E-state index in [4.69, 9.17) is 14.3 Å². The van der Waals surface area contributed by atoms with Gasteiger partial charge in [-0.05, 0) is 30.3 Å². The van der Waals surface area contributed by atoms with Crippen molar-refractivity contribution in [1.29, 1.82) is 0 Å². The average Bonchev–Trinajstić information content (AvgIpc) is 3.07. The third-order valence-corrected chi connectivity index (χ3v) is 4.67. The molecule has 148 valence electrons. The lowest BCUT2D eigenvalue weighted by molar-refractivity contribution is -0.156. The summed E-state index contributed by atoms with van der Waals surface area (Å²) in [5, 5.41) is 5.01. The lowest BCUT2D eigenvalue weighted by Gasteiger charge is -2.05. The molecule has 28 heavy (non-hydrogen) atoms. The highest BCUT2D eigenvalue weighted by Gasteiger charge is 2.39. The number of halogens is 4. The van der Waals surface area contributed by atoms with Crippen LogP contribution in [-0.4, -0.2) is 20.5 Å². The quantitative estimate of drug-likeness (QED) is 0.653. The van der Waals surface area contributed by atoms with Crippen LogP contribution in [0.2, 0.25) is 0 Å². The molecule has 11 heteroatoms. The second-order valence-electron chi connectivity index (χ2n) is 5.61. The first-order valence-electron chi connectivity index (χ1n) is 7.56. The van der Waals surface area contributed by atoms with Crippen LogP contribution in [-0.2, 0) is 16.2 Å². The van der Waals surface area contributed by atoms with Crippen LogP contribution in [0, 0.1) is 5.82 Å². The van der Waals surface area contributed by atoms with Crippen molar-refractivity contribution in [3.05, 3.63) is 54.2 Å². The maximum Gasteiger partial charge on any atom is 0.468 e. The van der Waals surface area contributed by atoms with E-state index in [1.165, 1.54) is 31.4 Å². The Morgan fingerprint density at radius 3 is 2.18 bits per heavy atom. The molecule has 1 aromatic heterocycles. The van der Waals surface area contributed by atoms with E-state index in [9.17, 15) is 26.0 Å². The van der Waals surface area contributed by atoms with Gasteiger partial charge in [0.25, 0.3) is 0 Å². The lowest BCUT2D eigenvalue weighted by Crippen LogP contribution is -2.11. The van der Waals surface area contributed by atoms with E-state index in [-0.39, 0.29) is 33.2 Å². The van der Waals surface area contributed by atoms with Crippen molar-refractivity contribution in [3.8, 4) is 28.3 Å². The number of oxazole rings is 1. The van der Waals surface area contributed by atoms with Crippen molar-refractivity contribution < 1.29 is 35.1 Å². The molecule has 0 aliphatic rings. The molecule has 3 aromatic rings. The molecular formula is C17H12F4N2O4S.